The summed E-state index contributed by atoms with van der Waals surface area (Å²) in [5.41, 5.74) is 3.52. The van der Waals surface area contributed by atoms with Gasteiger partial charge in [-0.15, -0.1) is 0 Å². The molecular formula is C23H30N2O3S. The number of carbonyl (C=O) groups is 1. The quantitative estimate of drug-likeness (QED) is 0.806. The van der Waals surface area contributed by atoms with Gasteiger partial charge in [0.15, 0.2) is 0 Å². The number of benzene rings is 2. The molecule has 1 amide bonds. The van der Waals surface area contributed by atoms with Crippen molar-refractivity contribution >= 4 is 21.6 Å². The maximum absolute atomic E-state index is 12.6. The summed E-state index contributed by atoms with van der Waals surface area (Å²) in [6, 6.07) is 15.0. The summed E-state index contributed by atoms with van der Waals surface area (Å²) in [6.07, 6.45) is 1.56. The number of hydrogen-bond donors (Lipinski definition) is 1. The van der Waals surface area contributed by atoms with E-state index in [4.69, 9.17) is 0 Å². The fourth-order valence-corrected chi connectivity index (χ4v) is 5.13. The average molecular weight is 415 g/mol. The molecule has 5 nitrogen and oxygen atoms in total. The van der Waals surface area contributed by atoms with Gasteiger partial charge in [0, 0.05) is 12.1 Å². The Bertz CT molecular complexity index is 959. The molecule has 0 saturated carbocycles. The van der Waals surface area contributed by atoms with E-state index in [1.807, 2.05) is 6.92 Å². The second kappa shape index (κ2) is 8.19. The third-order valence-corrected chi connectivity index (χ3v) is 7.26. The molecule has 156 valence electrons. The van der Waals surface area contributed by atoms with Crippen molar-refractivity contribution < 1.29 is 13.2 Å². The van der Waals surface area contributed by atoms with Gasteiger partial charge in [0.05, 0.1) is 17.5 Å². The molecule has 1 aliphatic heterocycles. The molecule has 0 aliphatic carbocycles. The zero-order valence-electron chi connectivity index (χ0n) is 17.6. The summed E-state index contributed by atoms with van der Waals surface area (Å²) in [5, 5.41) is 3.02. The van der Waals surface area contributed by atoms with Gasteiger partial charge in [-0.3, -0.25) is 9.10 Å². The summed E-state index contributed by atoms with van der Waals surface area (Å²) in [5.74, 6) is 0.00580. The Morgan fingerprint density at radius 3 is 2.17 bits per heavy atom. The van der Waals surface area contributed by atoms with Crippen LogP contribution in [0, 0.1) is 0 Å². The van der Waals surface area contributed by atoms with Crippen LogP contribution in [0.4, 0.5) is 5.69 Å². The first-order valence-corrected chi connectivity index (χ1v) is 11.7. The highest BCUT2D eigenvalue weighted by Crippen LogP contribution is 2.25. The molecule has 1 N–H and O–H groups in total. The minimum Gasteiger partial charge on any atom is -0.346 e. The predicted molar refractivity (Wildman–Crippen MR) is 118 cm³/mol. The predicted octanol–water partition coefficient (Wildman–Crippen LogP) is 4.41. The van der Waals surface area contributed by atoms with Gasteiger partial charge in [-0.25, -0.2) is 8.42 Å². The molecule has 1 saturated heterocycles. The number of nitrogens with zero attached hydrogens (tertiary/aromatic N) is 1. The lowest BCUT2D eigenvalue weighted by molar-refractivity contribution is 0.0940. The summed E-state index contributed by atoms with van der Waals surface area (Å²) < 4.78 is 25.9. The van der Waals surface area contributed by atoms with Crippen LogP contribution < -0.4 is 9.62 Å². The monoisotopic (exact) mass is 414 g/mol. The van der Waals surface area contributed by atoms with Gasteiger partial charge in [-0.2, -0.15) is 0 Å². The van der Waals surface area contributed by atoms with E-state index in [0.29, 0.717) is 24.2 Å². The summed E-state index contributed by atoms with van der Waals surface area (Å²) in [4.78, 5) is 12.6. The van der Waals surface area contributed by atoms with Crippen molar-refractivity contribution in [1.29, 1.82) is 0 Å². The lowest BCUT2D eigenvalue weighted by atomic mass is 9.86. The number of hydrogen-bond acceptors (Lipinski definition) is 3. The van der Waals surface area contributed by atoms with Crippen LogP contribution in [-0.4, -0.2) is 26.6 Å². The fourth-order valence-electron chi connectivity index (χ4n) is 3.49. The molecular weight excluding hydrogens is 384 g/mol. The standard InChI is InChI=1S/C23H30N2O3S/c1-17(18-7-11-20(12-8-18)23(2,3)4)24-22(26)19-9-13-21(14-10-19)25-15-5-6-16-29(25,27)28/h7-14,17H,5-6,15-16H2,1-4H3,(H,24,26)/t17-/m1/s1. The number of carbonyl (C=O) groups excluding carboxylic acids is 1. The lowest BCUT2D eigenvalue weighted by Crippen LogP contribution is -2.37. The Morgan fingerprint density at radius 2 is 1.62 bits per heavy atom. The maximum Gasteiger partial charge on any atom is 0.251 e. The van der Waals surface area contributed by atoms with Crippen molar-refractivity contribution in [1.82, 2.24) is 5.32 Å². The topological polar surface area (TPSA) is 66.5 Å². The second-order valence-corrected chi connectivity index (χ2v) is 10.7. The van der Waals surface area contributed by atoms with Crippen LogP contribution in [0.25, 0.3) is 0 Å². The van der Waals surface area contributed by atoms with E-state index in [0.717, 1.165) is 12.0 Å². The number of amides is 1. The van der Waals surface area contributed by atoms with Crippen LogP contribution in [-0.2, 0) is 15.4 Å². The molecule has 0 unspecified atom stereocenters. The van der Waals surface area contributed by atoms with E-state index in [9.17, 15) is 13.2 Å². The first-order valence-electron chi connectivity index (χ1n) is 10.1. The molecule has 0 aromatic heterocycles. The molecule has 1 fully saturated rings. The van der Waals surface area contributed by atoms with Gasteiger partial charge >= 0.3 is 0 Å². The Balaban J connectivity index is 1.67. The van der Waals surface area contributed by atoms with E-state index in [1.54, 1.807) is 24.3 Å². The number of anilines is 1. The first kappa shape index (κ1) is 21.4. The van der Waals surface area contributed by atoms with E-state index >= 15 is 0 Å². The van der Waals surface area contributed by atoms with Crippen molar-refractivity contribution in [2.45, 2.75) is 52.0 Å². The highest BCUT2D eigenvalue weighted by Gasteiger charge is 2.26. The molecule has 2 aromatic carbocycles. The lowest BCUT2D eigenvalue weighted by Gasteiger charge is -2.28. The molecule has 3 rings (SSSR count). The third-order valence-electron chi connectivity index (χ3n) is 5.39. The van der Waals surface area contributed by atoms with E-state index < -0.39 is 10.0 Å². The van der Waals surface area contributed by atoms with E-state index in [1.165, 1.54) is 9.87 Å². The van der Waals surface area contributed by atoms with Crippen molar-refractivity contribution in [3.63, 3.8) is 0 Å². The minimum atomic E-state index is -3.25. The van der Waals surface area contributed by atoms with Gasteiger partial charge in [-0.05, 0) is 60.6 Å². The Hall–Kier alpha value is -2.34. The minimum absolute atomic E-state index is 0.0919. The number of sulfonamides is 1. The second-order valence-electron chi connectivity index (χ2n) is 8.71. The molecule has 1 aliphatic rings. The SMILES string of the molecule is C[C@@H](NC(=O)c1ccc(N2CCCCS2(=O)=O)cc1)c1ccc(C(C)(C)C)cc1. The van der Waals surface area contributed by atoms with Gasteiger partial charge in [0.2, 0.25) is 10.0 Å². The highest BCUT2D eigenvalue weighted by molar-refractivity contribution is 7.92. The zero-order valence-corrected chi connectivity index (χ0v) is 18.4. The first-order chi connectivity index (χ1) is 13.6. The molecule has 2 aromatic rings. The van der Waals surface area contributed by atoms with Gasteiger partial charge in [0.1, 0.15) is 0 Å². The zero-order chi connectivity index (χ0) is 21.2. The van der Waals surface area contributed by atoms with Gasteiger partial charge in [0.25, 0.3) is 5.91 Å². The average Bonchev–Trinajstić information content (AvgIpc) is 2.67. The molecule has 0 radical (unpaired) electrons. The van der Waals surface area contributed by atoms with Crippen LogP contribution in [0.1, 0.15) is 68.1 Å². The highest BCUT2D eigenvalue weighted by atomic mass is 32.2. The molecule has 1 heterocycles. The summed E-state index contributed by atoms with van der Waals surface area (Å²) in [7, 11) is -3.25. The fraction of sp³-hybridized carbons (Fsp3) is 0.435. The number of rotatable bonds is 4. The van der Waals surface area contributed by atoms with Gasteiger partial charge in [-0.1, -0.05) is 45.0 Å². The smallest absolute Gasteiger partial charge is 0.251 e. The molecule has 6 heteroatoms. The van der Waals surface area contributed by atoms with Gasteiger partial charge < -0.3 is 5.32 Å². The van der Waals surface area contributed by atoms with Crippen molar-refractivity contribution in [2.24, 2.45) is 0 Å². The largest absolute Gasteiger partial charge is 0.346 e. The number of nitrogens with one attached hydrogen (secondary N) is 1. The molecule has 29 heavy (non-hydrogen) atoms. The normalized spacial score (nSPS) is 17.6. The van der Waals surface area contributed by atoms with Crippen LogP contribution in [0.15, 0.2) is 48.5 Å². The van der Waals surface area contributed by atoms with Crippen molar-refractivity contribution in [2.75, 3.05) is 16.6 Å². The Morgan fingerprint density at radius 1 is 1.00 bits per heavy atom. The molecule has 0 bridgehead atoms. The van der Waals surface area contributed by atoms with Crippen molar-refractivity contribution in [3.8, 4) is 0 Å². The van der Waals surface area contributed by atoms with Crippen LogP contribution >= 0.6 is 0 Å². The van der Waals surface area contributed by atoms with Crippen LogP contribution in [0.2, 0.25) is 0 Å². The molecule has 0 spiro atoms. The Kier molecular flexibility index (Phi) is 6.03. The summed E-state index contributed by atoms with van der Waals surface area (Å²) in [6.45, 7) is 8.97. The summed E-state index contributed by atoms with van der Waals surface area (Å²) >= 11 is 0. The van der Waals surface area contributed by atoms with Crippen LogP contribution in [0.3, 0.4) is 0 Å². The third kappa shape index (κ3) is 4.99. The molecule has 1 atom stereocenters. The van der Waals surface area contributed by atoms with Crippen molar-refractivity contribution in [3.05, 3.63) is 65.2 Å². The van der Waals surface area contributed by atoms with E-state index in [-0.39, 0.29) is 23.1 Å². The van der Waals surface area contributed by atoms with Crippen LogP contribution in [0.5, 0.6) is 0 Å². The van der Waals surface area contributed by atoms with E-state index in [2.05, 4.69) is 50.4 Å². The Labute approximate surface area is 174 Å². The maximum atomic E-state index is 12.6.